The average Bonchev–Trinajstić information content (AvgIpc) is 2.78. The Labute approximate surface area is 201 Å². The van der Waals surface area contributed by atoms with Crippen molar-refractivity contribution in [2.75, 3.05) is 0 Å². The first kappa shape index (κ1) is 24.4. The van der Waals surface area contributed by atoms with Crippen LogP contribution in [0, 0.1) is 0 Å². The molecule has 0 saturated carbocycles. The van der Waals surface area contributed by atoms with Gasteiger partial charge in [-0.05, 0) is 77.5 Å². The van der Waals surface area contributed by atoms with Crippen LogP contribution in [0.25, 0.3) is 11.3 Å². The van der Waals surface area contributed by atoms with Gasteiger partial charge in [0.05, 0.1) is 5.69 Å². The van der Waals surface area contributed by atoms with Crippen molar-refractivity contribution in [1.29, 1.82) is 0 Å². The largest absolute Gasteiger partial charge is 0.488 e. The topological polar surface area (TPSA) is 66.2 Å². The molecule has 0 unspecified atom stereocenters. The van der Waals surface area contributed by atoms with Crippen LogP contribution in [0.2, 0.25) is 0 Å². The maximum absolute atomic E-state index is 8.58. The van der Waals surface area contributed by atoms with E-state index in [-0.39, 0.29) is 0 Å². The Morgan fingerprint density at radius 1 is 0.600 bits per heavy atom. The molecule has 2 aromatic heterocycles. The third kappa shape index (κ3) is 9.32. The van der Waals surface area contributed by atoms with Crippen LogP contribution in [0.4, 0.5) is 0 Å². The van der Waals surface area contributed by atoms with Crippen LogP contribution in [0.3, 0.4) is 0 Å². The summed E-state index contributed by atoms with van der Waals surface area (Å²) in [7, 11) is -1.34. The zero-order chi connectivity index (χ0) is 21.8. The number of aromatic nitrogens is 2. The van der Waals surface area contributed by atoms with Crippen LogP contribution >= 0.6 is 47.8 Å². The highest BCUT2D eigenvalue weighted by Crippen LogP contribution is 2.17. The second-order valence-electron chi connectivity index (χ2n) is 5.81. The van der Waals surface area contributed by atoms with Gasteiger partial charge < -0.3 is 10.0 Å². The molecule has 2 aromatic carbocycles. The molecule has 30 heavy (non-hydrogen) atoms. The Kier molecular flexibility index (Phi) is 11.0. The van der Waals surface area contributed by atoms with Crippen molar-refractivity contribution in [3.63, 3.8) is 0 Å². The number of halogens is 3. The molecule has 0 aliphatic heterocycles. The number of hydrogen-bond donors (Lipinski definition) is 2. The number of hydrogen-bond acceptors (Lipinski definition) is 4. The fourth-order valence-corrected chi connectivity index (χ4v) is 2.84. The third-order valence-corrected chi connectivity index (χ3v) is 4.99. The number of rotatable bonds is 2. The van der Waals surface area contributed by atoms with Crippen molar-refractivity contribution in [3.05, 3.63) is 111 Å². The average molecular weight is 593 g/mol. The molecule has 8 heteroatoms. The summed E-state index contributed by atoms with van der Waals surface area (Å²) in [6.45, 7) is 0. The summed E-state index contributed by atoms with van der Waals surface area (Å²) in [4.78, 5) is 8.25. The van der Waals surface area contributed by atoms with Crippen molar-refractivity contribution in [2.24, 2.45) is 0 Å². The summed E-state index contributed by atoms with van der Waals surface area (Å²) in [6, 6.07) is 26.6. The molecule has 4 rings (SSSR count). The number of pyridine rings is 2. The monoisotopic (exact) mass is 590 g/mol. The van der Waals surface area contributed by atoms with Crippen LogP contribution < -0.4 is 5.46 Å². The molecule has 0 aliphatic rings. The minimum atomic E-state index is -1.34. The lowest BCUT2D eigenvalue weighted by atomic mass is 9.81. The van der Waals surface area contributed by atoms with E-state index in [1.807, 2.05) is 54.7 Å². The molecule has 2 heterocycles. The lowest BCUT2D eigenvalue weighted by Gasteiger charge is -1.99. The Balaban J connectivity index is 0.000000167. The van der Waals surface area contributed by atoms with E-state index >= 15 is 0 Å². The van der Waals surface area contributed by atoms with Crippen LogP contribution in [-0.2, 0) is 0 Å². The molecule has 0 atom stereocenters. The van der Waals surface area contributed by atoms with Gasteiger partial charge in [-0.15, -0.1) is 0 Å². The highest BCUT2D eigenvalue weighted by Gasteiger charge is 2.07. The van der Waals surface area contributed by atoms with Gasteiger partial charge in [0.15, 0.2) is 0 Å². The van der Waals surface area contributed by atoms with Crippen molar-refractivity contribution < 1.29 is 10.0 Å². The third-order valence-electron chi connectivity index (χ3n) is 3.59. The van der Waals surface area contributed by atoms with Crippen molar-refractivity contribution in [3.8, 4) is 11.3 Å². The molecule has 2 N–H and O–H groups in total. The molecule has 4 aromatic rings. The fourth-order valence-electron chi connectivity index (χ4n) is 2.14. The molecule has 0 spiro atoms. The molecule has 0 fully saturated rings. The number of nitrogens with zero attached hydrogens (tertiary/aromatic N) is 2. The lowest BCUT2D eigenvalue weighted by molar-refractivity contribution is 0.426. The summed E-state index contributed by atoms with van der Waals surface area (Å²) in [5.41, 5.74) is 2.68. The highest BCUT2D eigenvalue weighted by molar-refractivity contribution is 9.11. The maximum Gasteiger partial charge on any atom is 0.488 e. The van der Waals surface area contributed by atoms with Gasteiger partial charge in [0.1, 0.15) is 4.60 Å². The van der Waals surface area contributed by atoms with Crippen LogP contribution in [0.5, 0.6) is 0 Å². The predicted molar refractivity (Wildman–Crippen MR) is 133 cm³/mol. The SMILES string of the molecule is Brc1ccc(-c2ccccc2)nc1.Brc1ccc(Br)nc1.OB(O)c1ccccc1. The Bertz CT molecular complexity index is 967. The van der Waals surface area contributed by atoms with E-state index in [2.05, 4.69) is 69.9 Å². The molecule has 0 aliphatic carbocycles. The minimum Gasteiger partial charge on any atom is -0.423 e. The van der Waals surface area contributed by atoms with E-state index in [1.165, 1.54) is 0 Å². The molecule has 152 valence electrons. The van der Waals surface area contributed by atoms with E-state index in [4.69, 9.17) is 10.0 Å². The van der Waals surface area contributed by atoms with Crippen LogP contribution in [0.15, 0.2) is 111 Å². The molecule has 0 radical (unpaired) electrons. The first-order chi connectivity index (χ1) is 14.5. The quantitative estimate of drug-likeness (QED) is 0.239. The van der Waals surface area contributed by atoms with Crippen LogP contribution in [0.1, 0.15) is 0 Å². The standard InChI is InChI=1S/C11H8BrN.C6H7BO2.C5H3Br2N/c12-10-6-7-11(13-8-10)9-4-2-1-3-5-9;8-7(9)6-4-2-1-3-5-6;6-4-1-2-5(7)8-3-4/h1-8H;1-5,8-9H;1-3H. The second-order valence-corrected chi connectivity index (χ2v) is 8.46. The smallest absolute Gasteiger partial charge is 0.423 e. The maximum atomic E-state index is 8.58. The Hall–Kier alpha value is -1.84. The minimum absolute atomic E-state index is 0.525. The first-order valence-corrected chi connectivity index (χ1v) is 11.2. The van der Waals surface area contributed by atoms with Crippen molar-refractivity contribution in [1.82, 2.24) is 9.97 Å². The summed E-state index contributed by atoms with van der Waals surface area (Å²) in [6.07, 6.45) is 3.55. The second kappa shape index (κ2) is 13.5. The summed E-state index contributed by atoms with van der Waals surface area (Å²) in [5.74, 6) is 0. The predicted octanol–water partition coefficient (Wildman–Crippen LogP) is 5.48. The zero-order valence-corrected chi connectivity index (χ0v) is 20.5. The molecule has 0 bridgehead atoms. The van der Waals surface area contributed by atoms with Gasteiger partial charge in [0.25, 0.3) is 0 Å². The van der Waals surface area contributed by atoms with Gasteiger partial charge in [-0.1, -0.05) is 60.7 Å². The van der Waals surface area contributed by atoms with E-state index in [0.29, 0.717) is 5.46 Å². The molecule has 4 nitrogen and oxygen atoms in total. The fraction of sp³-hybridized carbons (Fsp3) is 0. The highest BCUT2D eigenvalue weighted by atomic mass is 79.9. The molecular formula is C22H18BBr3N2O2. The van der Waals surface area contributed by atoms with Crippen molar-refractivity contribution >= 4 is 60.4 Å². The molecular weight excluding hydrogens is 575 g/mol. The summed E-state index contributed by atoms with van der Waals surface area (Å²) >= 11 is 9.83. The lowest BCUT2D eigenvalue weighted by Crippen LogP contribution is -2.29. The molecule has 0 saturated heterocycles. The van der Waals surface area contributed by atoms with E-state index in [9.17, 15) is 0 Å². The van der Waals surface area contributed by atoms with Gasteiger partial charge in [0, 0.05) is 26.9 Å². The summed E-state index contributed by atoms with van der Waals surface area (Å²) in [5, 5.41) is 17.2. The van der Waals surface area contributed by atoms with Gasteiger partial charge in [-0.25, -0.2) is 4.98 Å². The van der Waals surface area contributed by atoms with Gasteiger partial charge in [-0.3, -0.25) is 4.98 Å². The van der Waals surface area contributed by atoms with E-state index < -0.39 is 7.12 Å². The van der Waals surface area contributed by atoms with Crippen LogP contribution in [-0.4, -0.2) is 27.1 Å². The first-order valence-electron chi connectivity index (χ1n) is 8.81. The van der Waals surface area contributed by atoms with Gasteiger partial charge in [0.2, 0.25) is 0 Å². The normalized spacial score (nSPS) is 9.50. The van der Waals surface area contributed by atoms with Gasteiger partial charge in [-0.2, -0.15) is 0 Å². The molecule has 0 amide bonds. The van der Waals surface area contributed by atoms with Crippen molar-refractivity contribution in [2.45, 2.75) is 0 Å². The zero-order valence-electron chi connectivity index (χ0n) is 15.7. The number of benzene rings is 2. The van der Waals surface area contributed by atoms with E-state index in [1.54, 1.807) is 30.5 Å². The van der Waals surface area contributed by atoms with E-state index in [0.717, 1.165) is 24.8 Å². The Morgan fingerprint density at radius 3 is 1.53 bits per heavy atom. The van der Waals surface area contributed by atoms with Gasteiger partial charge >= 0.3 is 7.12 Å². The summed E-state index contributed by atoms with van der Waals surface area (Å²) < 4.78 is 2.87. The Morgan fingerprint density at radius 2 is 1.13 bits per heavy atom.